The van der Waals surface area contributed by atoms with E-state index in [1.165, 1.54) is 18.2 Å². The summed E-state index contributed by atoms with van der Waals surface area (Å²) in [5, 5.41) is 0. The largest absolute Gasteiger partial charge is 0.462 e. The first-order valence-electron chi connectivity index (χ1n) is 6.58. The van der Waals surface area contributed by atoms with Gasteiger partial charge in [0.15, 0.2) is 0 Å². The molecule has 0 saturated heterocycles. The number of halogens is 2. The summed E-state index contributed by atoms with van der Waals surface area (Å²) < 4.78 is 32.2. The zero-order chi connectivity index (χ0) is 15.9. The molecule has 0 aromatic heterocycles. The number of carbonyl (C=O) groups excluding carboxylic acids is 1. The summed E-state index contributed by atoms with van der Waals surface area (Å²) in [5.74, 6) is -0.557. The summed E-state index contributed by atoms with van der Waals surface area (Å²) in [6.07, 6.45) is 1.41. The second-order valence-corrected chi connectivity index (χ2v) is 6.97. The molecule has 0 atom stereocenters. The third-order valence-corrected chi connectivity index (χ3v) is 4.51. The Balaban J connectivity index is 0.00000441. The van der Waals surface area contributed by atoms with E-state index in [0.29, 0.717) is 24.0 Å². The van der Waals surface area contributed by atoms with E-state index in [1.807, 2.05) is 0 Å². The zero-order valence-corrected chi connectivity index (χ0v) is 15.4. The molecule has 22 heavy (non-hydrogen) atoms. The van der Waals surface area contributed by atoms with Crippen molar-refractivity contribution in [2.75, 3.05) is 19.7 Å². The van der Waals surface area contributed by atoms with Crippen LogP contribution in [0.5, 0.6) is 0 Å². The van der Waals surface area contributed by atoms with E-state index in [4.69, 9.17) is 10.5 Å². The molecule has 0 amide bonds. The predicted molar refractivity (Wildman–Crippen MR) is 90.8 cm³/mol. The Labute approximate surface area is 145 Å². The van der Waals surface area contributed by atoms with Crippen LogP contribution in [0.25, 0.3) is 0 Å². The van der Waals surface area contributed by atoms with Crippen molar-refractivity contribution >= 4 is 44.3 Å². The third kappa shape index (κ3) is 6.62. The van der Waals surface area contributed by atoms with Gasteiger partial charge in [-0.2, -0.15) is 0 Å². The maximum absolute atomic E-state index is 12.2. The fraction of sp³-hybridized carbons (Fsp3) is 0.462. The minimum Gasteiger partial charge on any atom is -0.462 e. The molecule has 0 aliphatic rings. The number of hydrogen-bond donors (Lipinski definition) is 2. The quantitative estimate of drug-likeness (QED) is 0.500. The molecular formula is C13H20BrClN2O4S. The normalized spacial score (nSPS) is 10.9. The average molecular weight is 416 g/mol. The summed E-state index contributed by atoms with van der Waals surface area (Å²) >= 11 is 3.20. The van der Waals surface area contributed by atoms with E-state index in [1.54, 1.807) is 6.92 Å². The molecule has 9 heteroatoms. The average Bonchev–Trinajstić information content (AvgIpc) is 2.43. The minimum atomic E-state index is -3.66. The summed E-state index contributed by atoms with van der Waals surface area (Å²) in [4.78, 5) is 11.7. The molecule has 0 aliphatic carbocycles. The molecule has 1 rings (SSSR count). The van der Waals surface area contributed by atoms with Crippen LogP contribution in [0.4, 0.5) is 0 Å². The number of benzene rings is 1. The van der Waals surface area contributed by atoms with Crippen molar-refractivity contribution in [3.05, 3.63) is 28.2 Å². The standard InChI is InChI=1S/C13H19BrN2O4S.ClH/c1-2-20-13(17)10-7-11(14)9-12(8-10)21(18,19)16-6-4-3-5-15;/h7-9,16H,2-6,15H2,1H3;1H. The van der Waals surface area contributed by atoms with Crippen molar-refractivity contribution in [2.24, 2.45) is 5.73 Å². The van der Waals surface area contributed by atoms with E-state index >= 15 is 0 Å². The highest BCUT2D eigenvalue weighted by atomic mass is 79.9. The van der Waals surface area contributed by atoms with Crippen LogP contribution >= 0.6 is 28.3 Å². The molecular weight excluding hydrogens is 396 g/mol. The van der Waals surface area contributed by atoms with Crippen LogP contribution < -0.4 is 10.5 Å². The second-order valence-electron chi connectivity index (χ2n) is 4.29. The number of sulfonamides is 1. The lowest BCUT2D eigenvalue weighted by molar-refractivity contribution is 0.0526. The number of esters is 1. The highest BCUT2D eigenvalue weighted by Crippen LogP contribution is 2.20. The van der Waals surface area contributed by atoms with E-state index in [0.717, 1.165) is 6.42 Å². The van der Waals surface area contributed by atoms with Crippen LogP contribution in [0.15, 0.2) is 27.6 Å². The van der Waals surface area contributed by atoms with Crippen LogP contribution in [0.3, 0.4) is 0 Å². The molecule has 0 aliphatic heterocycles. The van der Waals surface area contributed by atoms with Crippen molar-refractivity contribution in [3.63, 3.8) is 0 Å². The summed E-state index contributed by atoms with van der Waals surface area (Å²) in [5.41, 5.74) is 5.54. The van der Waals surface area contributed by atoms with Gasteiger partial charge in [0.2, 0.25) is 10.0 Å². The summed E-state index contributed by atoms with van der Waals surface area (Å²) in [7, 11) is -3.66. The van der Waals surface area contributed by atoms with Crippen molar-refractivity contribution in [1.29, 1.82) is 0 Å². The number of hydrogen-bond acceptors (Lipinski definition) is 5. The van der Waals surface area contributed by atoms with Gasteiger partial charge in [0.25, 0.3) is 0 Å². The van der Waals surface area contributed by atoms with Crippen molar-refractivity contribution in [1.82, 2.24) is 4.72 Å². The van der Waals surface area contributed by atoms with E-state index in [9.17, 15) is 13.2 Å². The minimum absolute atomic E-state index is 0. The van der Waals surface area contributed by atoms with E-state index in [2.05, 4.69) is 20.7 Å². The Morgan fingerprint density at radius 1 is 1.32 bits per heavy atom. The van der Waals surface area contributed by atoms with Gasteiger partial charge in [-0.25, -0.2) is 17.9 Å². The van der Waals surface area contributed by atoms with Gasteiger partial charge in [-0.3, -0.25) is 0 Å². The number of carbonyl (C=O) groups is 1. The molecule has 0 unspecified atom stereocenters. The lowest BCUT2D eigenvalue weighted by Crippen LogP contribution is -2.25. The fourth-order valence-corrected chi connectivity index (χ4v) is 3.40. The second kappa shape index (κ2) is 10.2. The van der Waals surface area contributed by atoms with Crippen LogP contribution in [-0.4, -0.2) is 34.1 Å². The smallest absolute Gasteiger partial charge is 0.338 e. The zero-order valence-electron chi connectivity index (χ0n) is 12.2. The van der Waals surface area contributed by atoms with Crippen LogP contribution in [0.1, 0.15) is 30.1 Å². The lowest BCUT2D eigenvalue weighted by atomic mass is 10.2. The maximum atomic E-state index is 12.2. The van der Waals surface area contributed by atoms with Crippen molar-refractivity contribution in [2.45, 2.75) is 24.7 Å². The molecule has 0 bridgehead atoms. The Bertz CT molecular complexity index is 596. The van der Waals surface area contributed by atoms with Crippen molar-refractivity contribution in [3.8, 4) is 0 Å². The van der Waals surface area contributed by atoms with Gasteiger partial charge in [0.05, 0.1) is 17.1 Å². The molecule has 0 radical (unpaired) electrons. The number of rotatable bonds is 8. The Morgan fingerprint density at radius 2 is 2.00 bits per heavy atom. The number of ether oxygens (including phenoxy) is 1. The van der Waals surface area contributed by atoms with E-state index < -0.39 is 16.0 Å². The monoisotopic (exact) mass is 414 g/mol. The molecule has 3 N–H and O–H groups in total. The number of nitrogens with two attached hydrogens (primary N) is 1. The van der Waals surface area contributed by atoms with Gasteiger partial charge in [0, 0.05) is 11.0 Å². The van der Waals surface area contributed by atoms with Gasteiger partial charge >= 0.3 is 5.97 Å². The third-order valence-electron chi connectivity index (χ3n) is 2.62. The topological polar surface area (TPSA) is 98.5 Å². The fourth-order valence-electron chi connectivity index (χ4n) is 1.61. The molecule has 0 saturated carbocycles. The van der Waals surface area contributed by atoms with Gasteiger partial charge in [0.1, 0.15) is 0 Å². The van der Waals surface area contributed by atoms with Gasteiger partial charge in [-0.05, 0) is 44.5 Å². The van der Waals surface area contributed by atoms with Crippen molar-refractivity contribution < 1.29 is 17.9 Å². The van der Waals surface area contributed by atoms with Gasteiger partial charge < -0.3 is 10.5 Å². The lowest BCUT2D eigenvalue weighted by Gasteiger charge is -2.09. The molecule has 0 spiro atoms. The van der Waals surface area contributed by atoms with Crippen LogP contribution in [0.2, 0.25) is 0 Å². The molecule has 0 heterocycles. The Hall–Kier alpha value is -0.670. The molecule has 0 fully saturated rings. The van der Waals surface area contributed by atoms with Gasteiger partial charge in [-0.15, -0.1) is 12.4 Å². The summed E-state index contributed by atoms with van der Waals surface area (Å²) in [6.45, 7) is 2.74. The van der Waals surface area contributed by atoms with Crippen LogP contribution in [-0.2, 0) is 14.8 Å². The Kier molecular flexibility index (Phi) is 9.86. The Morgan fingerprint density at radius 3 is 2.59 bits per heavy atom. The highest BCUT2D eigenvalue weighted by Gasteiger charge is 2.17. The first-order valence-corrected chi connectivity index (χ1v) is 8.85. The highest BCUT2D eigenvalue weighted by molar-refractivity contribution is 9.10. The maximum Gasteiger partial charge on any atom is 0.338 e. The molecule has 6 nitrogen and oxygen atoms in total. The van der Waals surface area contributed by atoms with E-state index in [-0.39, 0.29) is 29.5 Å². The summed E-state index contributed by atoms with van der Waals surface area (Å²) in [6, 6.07) is 4.26. The first-order chi connectivity index (χ1) is 9.90. The number of unbranched alkanes of at least 4 members (excludes halogenated alkanes) is 1. The molecule has 1 aromatic carbocycles. The predicted octanol–water partition coefficient (Wildman–Crippen LogP) is 2.06. The molecule has 1 aromatic rings. The first kappa shape index (κ1) is 21.3. The van der Waals surface area contributed by atoms with Gasteiger partial charge in [-0.1, -0.05) is 15.9 Å². The number of nitrogens with one attached hydrogen (secondary N) is 1. The van der Waals surface area contributed by atoms with Crippen LogP contribution in [0, 0.1) is 0 Å². The molecule has 126 valence electrons. The SMILES string of the molecule is CCOC(=O)c1cc(Br)cc(S(=O)(=O)NCCCCN)c1.Cl.